The molecule has 1 fully saturated rings. The number of piperazine rings is 1. The molecule has 1 aliphatic rings. The number of carbonyl (C=O) groups excluding carboxylic acids is 1. The number of para-hydroxylation sites is 2. The van der Waals surface area contributed by atoms with Crippen molar-refractivity contribution in [1.29, 1.82) is 0 Å². The topological polar surface area (TPSA) is 54.0 Å². The molecule has 1 saturated heterocycles. The molecule has 1 aliphatic heterocycles. The number of ether oxygens (including phenoxy) is 2. The normalized spacial score (nSPS) is 15.2. The summed E-state index contributed by atoms with van der Waals surface area (Å²) >= 11 is 0. The zero-order valence-electron chi connectivity index (χ0n) is 16.5. The van der Waals surface area contributed by atoms with E-state index in [1.54, 1.807) is 7.11 Å². The van der Waals surface area contributed by atoms with Crippen LogP contribution >= 0.6 is 0 Å². The molecule has 1 N–H and O–H groups in total. The first-order chi connectivity index (χ1) is 13.7. The van der Waals surface area contributed by atoms with E-state index in [4.69, 9.17) is 9.47 Å². The van der Waals surface area contributed by atoms with E-state index in [-0.39, 0.29) is 5.91 Å². The Morgan fingerprint density at radius 1 is 0.929 bits per heavy atom. The second-order valence-corrected chi connectivity index (χ2v) is 6.89. The Bertz CT molecular complexity index is 731. The van der Waals surface area contributed by atoms with E-state index < -0.39 is 0 Å². The number of hydrogen-bond donors (Lipinski definition) is 1. The van der Waals surface area contributed by atoms with E-state index in [1.165, 1.54) is 5.56 Å². The van der Waals surface area contributed by atoms with Crippen molar-refractivity contribution >= 4 is 5.91 Å². The summed E-state index contributed by atoms with van der Waals surface area (Å²) in [6.45, 7) is 6.10. The van der Waals surface area contributed by atoms with Gasteiger partial charge in [-0.2, -0.15) is 0 Å². The number of hydrogen-bond acceptors (Lipinski definition) is 5. The van der Waals surface area contributed by atoms with E-state index in [0.29, 0.717) is 31.2 Å². The molecule has 0 bridgehead atoms. The number of carbonyl (C=O) groups is 1. The Kier molecular flexibility index (Phi) is 7.70. The van der Waals surface area contributed by atoms with Gasteiger partial charge in [0.1, 0.15) is 6.61 Å². The third kappa shape index (κ3) is 6.25. The van der Waals surface area contributed by atoms with Gasteiger partial charge in [-0.1, -0.05) is 42.5 Å². The van der Waals surface area contributed by atoms with Gasteiger partial charge in [-0.3, -0.25) is 14.6 Å². The second kappa shape index (κ2) is 10.7. The Morgan fingerprint density at radius 3 is 2.29 bits per heavy atom. The van der Waals surface area contributed by atoms with Crippen molar-refractivity contribution in [2.45, 2.75) is 6.54 Å². The molecule has 2 aromatic carbocycles. The van der Waals surface area contributed by atoms with Crippen LogP contribution in [0.25, 0.3) is 0 Å². The second-order valence-electron chi connectivity index (χ2n) is 6.89. The molecular weight excluding hydrogens is 354 g/mol. The lowest BCUT2D eigenvalue weighted by Gasteiger charge is -2.34. The number of amides is 1. The molecule has 0 radical (unpaired) electrons. The minimum absolute atomic E-state index is 0.0418. The molecule has 150 valence electrons. The van der Waals surface area contributed by atoms with E-state index >= 15 is 0 Å². The molecule has 6 nitrogen and oxygen atoms in total. The SMILES string of the molecule is COc1ccccc1OCCNC(=O)CN1CCN(Cc2ccccc2)CC1. The maximum atomic E-state index is 12.2. The van der Waals surface area contributed by atoms with Crippen LogP contribution in [0.4, 0.5) is 0 Å². The average Bonchev–Trinajstić information content (AvgIpc) is 2.74. The van der Waals surface area contributed by atoms with E-state index in [9.17, 15) is 4.79 Å². The molecule has 0 saturated carbocycles. The van der Waals surface area contributed by atoms with Crippen LogP contribution in [0.5, 0.6) is 11.5 Å². The van der Waals surface area contributed by atoms with Gasteiger partial charge in [0.25, 0.3) is 0 Å². The van der Waals surface area contributed by atoms with Crippen LogP contribution in [0, 0.1) is 0 Å². The molecule has 0 spiro atoms. The lowest BCUT2D eigenvalue weighted by atomic mass is 10.2. The highest BCUT2D eigenvalue weighted by Gasteiger charge is 2.18. The van der Waals surface area contributed by atoms with Gasteiger partial charge in [-0.05, 0) is 17.7 Å². The van der Waals surface area contributed by atoms with Crippen molar-refractivity contribution in [3.63, 3.8) is 0 Å². The fraction of sp³-hybridized carbons (Fsp3) is 0.409. The Morgan fingerprint density at radius 2 is 1.57 bits per heavy atom. The minimum Gasteiger partial charge on any atom is -0.493 e. The lowest BCUT2D eigenvalue weighted by molar-refractivity contribution is -0.122. The first kappa shape index (κ1) is 20.2. The van der Waals surface area contributed by atoms with Gasteiger partial charge in [0.05, 0.1) is 20.2 Å². The molecular formula is C22H29N3O3. The van der Waals surface area contributed by atoms with Crippen LogP contribution in [0.3, 0.4) is 0 Å². The largest absolute Gasteiger partial charge is 0.493 e. The molecule has 28 heavy (non-hydrogen) atoms. The highest BCUT2D eigenvalue weighted by atomic mass is 16.5. The van der Waals surface area contributed by atoms with Crippen molar-refractivity contribution in [1.82, 2.24) is 15.1 Å². The first-order valence-electron chi connectivity index (χ1n) is 9.76. The summed E-state index contributed by atoms with van der Waals surface area (Å²) in [5, 5.41) is 2.93. The van der Waals surface area contributed by atoms with Crippen LogP contribution in [0.1, 0.15) is 5.56 Å². The predicted molar refractivity (Wildman–Crippen MR) is 110 cm³/mol. The number of benzene rings is 2. The summed E-state index contributed by atoms with van der Waals surface area (Å²) in [6, 6.07) is 18.0. The predicted octanol–water partition coefficient (Wildman–Crippen LogP) is 2.01. The van der Waals surface area contributed by atoms with Crippen molar-refractivity contribution in [2.24, 2.45) is 0 Å². The van der Waals surface area contributed by atoms with Crippen molar-refractivity contribution in [3.05, 3.63) is 60.2 Å². The molecule has 0 aliphatic carbocycles. The molecule has 0 atom stereocenters. The van der Waals surface area contributed by atoms with Crippen molar-refractivity contribution in [3.8, 4) is 11.5 Å². The van der Waals surface area contributed by atoms with E-state index in [1.807, 2.05) is 30.3 Å². The molecule has 3 rings (SSSR count). The first-order valence-corrected chi connectivity index (χ1v) is 9.76. The quantitative estimate of drug-likeness (QED) is 0.672. The highest BCUT2D eigenvalue weighted by molar-refractivity contribution is 5.78. The number of nitrogens with one attached hydrogen (secondary N) is 1. The van der Waals surface area contributed by atoms with Crippen molar-refractivity contribution < 1.29 is 14.3 Å². The van der Waals surface area contributed by atoms with Crippen LogP contribution in [0.2, 0.25) is 0 Å². The van der Waals surface area contributed by atoms with Gasteiger partial charge in [-0.25, -0.2) is 0 Å². The summed E-state index contributed by atoms with van der Waals surface area (Å²) in [7, 11) is 1.61. The maximum absolute atomic E-state index is 12.2. The molecule has 0 unspecified atom stereocenters. The molecule has 2 aromatic rings. The number of methoxy groups -OCH3 is 1. The van der Waals surface area contributed by atoms with Gasteiger partial charge in [-0.15, -0.1) is 0 Å². The molecule has 1 heterocycles. The molecule has 6 heteroatoms. The highest BCUT2D eigenvalue weighted by Crippen LogP contribution is 2.25. The third-order valence-electron chi connectivity index (χ3n) is 4.83. The lowest BCUT2D eigenvalue weighted by Crippen LogP contribution is -2.49. The van der Waals surface area contributed by atoms with Crippen LogP contribution in [-0.2, 0) is 11.3 Å². The number of rotatable bonds is 9. The fourth-order valence-electron chi connectivity index (χ4n) is 3.30. The summed E-state index contributed by atoms with van der Waals surface area (Å²) in [5.41, 5.74) is 1.34. The summed E-state index contributed by atoms with van der Waals surface area (Å²) in [6.07, 6.45) is 0. The minimum atomic E-state index is 0.0418. The Labute approximate surface area is 167 Å². The van der Waals surface area contributed by atoms with Gasteiger partial charge >= 0.3 is 0 Å². The van der Waals surface area contributed by atoms with Gasteiger partial charge in [0.15, 0.2) is 11.5 Å². The van der Waals surface area contributed by atoms with Gasteiger partial charge in [0.2, 0.25) is 5.91 Å². The summed E-state index contributed by atoms with van der Waals surface area (Å²) < 4.78 is 10.9. The zero-order valence-corrected chi connectivity index (χ0v) is 16.5. The number of nitrogens with zero attached hydrogens (tertiary/aromatic N) is 2. The Hall–Kier alpha value is -2.57. The standard InChI is InChI=1S/C22H29N3O3/c1-27-20-9-5-6-10-21(20)28-16-11-23-22(26)18-25-14-12-24(13-15-25)17-19-7-3-2-4-8-19/h2-10H,11-18H2,1H3,(H,23,26). The summed E-state index contributed by atoms with van der Waals surface area (Å²) in [4.78, 5) is 16.8. The third-order valence-corrected chi connectivity index (χ3v) is 4.83. The van der Waals surface area contributed by atoms with E-state index in [2.05, 4.69) is 39.4 Å². The zero-order chi connectivity index (χ0) is 19.6. The van der Waals surface area contributed by atoms with Crippen LogP contribution in [-0.4, -0.2) is 68.7 Å². The van der Waals surface area contributed by atoms with Gasteiger partial charge < -0.3 is 14.8 Å². The Balaban J connectivity index is 1.30. The smallest absolute Gasteiger partial charge is 0.234 e. The monoisotopic (exact) mass is 383 g/mol. The van der Waals surface area contributed by atoms with Crippen LogP contribution in [0.15, 0.2) is 54.6 Å². The fourth-order valence-corrected chi connectivity index (χ4v) is 3.30. The van der Waals surface area contributed by atoms with Gasteiger partial charge in [0, 0.05) is 32.7 Å². The van der Waals surface area contributed by atoms with Crippen molar-refractivity contribution in [2.75, 3.05) is 53.0 Å². The summed E-state index contributed by atoms with van der Waals surface area (Å²) in [5.74, 6) is 1.43. The molecule has 0 aromatic heterocycles. The van der Waals surface area contributed by atoms with Crippen LogP contribution < -0.4 is 14.8 Å². The molecule has 1 amide bonds. The average molecular weight is 383 g/mol. The maximum Gasteiger partial charge on any atom is 0.234 e. The van der Waals surface area contributed by atoms with E-state index in [0.717, 1.165) is 32.7 Å².